The Morgan fingerprint density at radius 3 is 2.79 bits per heavy atom. The van der Waals surface area contributed by atoms with E-state index in [-0.39, 0.29) is 11.8 Å². The number of nitrogens with zero attached hydrogens (tertiary/aromatic N) is 2. The molecule has 1 N–H and O–H groups in total. The van der Waals surface area contributed by atoms with E-state index >= 15 is 0 Å². The van der Waals surface area contributed by atoms with E-state index in [9.17, 15) is 4.79 Å². The molecule has 4 heteroatoms. The van der Waals surface area contributed by atoms with Crippen LogP contribution in [-0.4, -0.2) is 22.0 Å². The van der Waals surface area contributed by atoms with Gasteiger partial charge in [-0.3, -0.25) is 4.79 Å². The van der Waals surface area contributed by atoms with Crippen LogP contribution in [0.3, 0.4) is 0 Å². The van der Waals surface area contributed by atoms with Crippen LogP contribution < -0.4 is 5.32 Å². The van der Waals surface area contributed by atoms with E-state index in [0.717, 1.165) is 48.2 Å². The Kier molecular flexibility index (Phi) is 5.34. The first-order chi connectivity index (χ1) is 11.6. The Morgan fingerprint density at radius 2 is 2.04 bits per heavy atom. The summed E-state index contributed by atoms with van der Waals surface area (Å²) >= 11 is 0. The van der Waals surface area contributed by atoms with Gasteiger partial charge < -0.3 is 9.88 Å². The quantitative estimate of drug-likeness (QED) is 0.820. The molecule has 1 aromatic carbocycles. The molecule has 1 aromatic heterocycles. The van der Waals surface area contributed by atoms with E-state index in [2.05, 4.69) is 22.5 Å². The fourth-order valence-electron chi connectivity index (χ4n) is 3.57. The van der Waals surface area contributed by atoms with Gasteiger partial charge in [0.05, 0.1) is 11.0 Å². The average molecular weight is 325 g/mol. The molecule has 1 aliphatic rings. The van der Waals surface area contributed by atoms with Gasteiger partial charge in [0.2, 0.25) is 5.91 Å². The Labute approximate surface area is 144 Å². The van der Waals surface area contributed by atoms with Gasteiger partial charge in [-0.05, 0) is 31.9 Å². The zero-order valence-electron chi connectivity index (χ0n) is 14.6. The van der Waals surface area contributed by atoms with E-state index in [1.54, 1.807) is 0 Å². The molecular weight excluding hydrogens is 298 g/mol. The third-order valence-electron chi connectivity index (χ3n) is 4.79. The number of aromatic nitrogens is 2. The third-order valence-corrected chi connectivity index (χ3v) is 4.79. The monoisotopic (exact) mass is 325 g/mol. The number of para-hydroxylation sites is 2. The zero-order chi connectivity index (χ0) is 16.9. The van der Waals surface area contributed by atoms with E-state index in [1.807, 2.05) is 25.1 Å². The van der Waals surface area contributed by atoms with Gasteiger partial charge in [-0.25, -0.2) is 4.98 Å². The lowest BCUT2D eigenvalue weighted by atomic mass is 9.89. The average Bonchev–Trinajstić information content (AvgIpc) is 2.93. The minimum Gasteiger partial charge on any atom is -0.355 e. The first kappa shape index (κ1) is 16.7. The molecule has 0 unspecified atom stereocenters. The molecule has 1 amide bonds. The van der Waals surface area contributed by atoms with Gasteiger partial charge in [0.15, 0.2) is 0 Å². The van der Waals surface area contributed by atoms with E-state index in [4.69, 9.17) is 4.98 Å². The molecule has 0 bridgehead atoms. The smallest absolute Gasteiger partial charge is 0.223 e. The second-order valence-corrected chi connectivity index (χ2v) is 6.94. The maximum atomic E-state index is 12.3. The van der Waals surface area contributed by atoms with Crippen LogP contribution in [-0.2, 0) is 17.8 Å². The molecular formula is C20H27N3O. The van der Waals surface area contributed by atoms with Gasteiger partial charge in [0.25, 0.3) is 0 Å². The molecule has 2 aromatic rings. The van der Waals surface area contributed by atoms with Crippen molar-refractivity contribution >= 4 is 16.9 Å². The van der Waals surface area contributed by atoms with Crippen molar-refractivity contribution < 1.29 is 4.79 Å². The number of carbonyl (C=O) groups is 1. The summed E-state index contributed by atoms with van der Waals surface area (Å²) in [6.45, 7) is 7.48. The molecule has 128 valence electrons. The highest BCUT2D eigenvalue weighted by atomic mass is 16.1. The summed E-state index contributed by atoms with van der Waals surface area (Å²) in [5.74, 6) is 1.45. The largest absolute Gasteiger partial charge is 0.355 e. The maximum Gasteiger partial charge on any atom is 0.223 e. The summed E-state index contributed by atoms with van der Waals surface area (Å²) in [7, 11) is 0. The summed E-state index contributed by atoms with van der Waals surface area (Å²) in [6.07, 6.45) is 6.48. The predicted octanol–water partition coefficient (Wildman–Crippen LogP) is 3.85. The molecule has 4 nitrogen and oxygen atoms in total. The number of rotatable bonds is 6. The second-order valence-electron chi connectivity index (χ2n) is 6.94. The number of hydrogen-bond donors (Lipinski definition) is 1. The van der Waals surface area contributed by atoms with Gasteiger partial charge in [-0.2, -0.15) is 0 Å². The Bertz CT molecular complexity index is 726. The number of benzene rings is 1. The lowest BCUT2D eigenvalue weighted by Gasteiger charge is -2.20. The third kappa shape index (κ3) is 3.86. The van der Waals surface area contributed by atoms with Crippen LogP contribution in [0.25, 0.3) is 11.0 Å². The fourth-order valence-corrected chi connectivity index (χ4v) is 3.57. The molecule has 1 fully saturated rings. The lowest BCUT2D eigenvalue weighted by Crippen LogP contribution is -2.33. The molecule has 3 rings (SSSR count). The van der Waals surface area contributed by atoms with Crippen molar-refractivity contribution in [3.8, 4) is 0 Å². The second kappa shape index (κ2) is 7.65. The van der Waals surface area contributed by atoms with Crippen LogP contribution in [0.1, 0.15) is 44.9 Å². The normalized spacial score (nSPS) is 15.5. The fraction of sp³-hybridized carbons (Fsp3) is 0.500. The minimum atomic E-state index is 0.216. The first-order valence-electron chi connectivity index (χ1n) is 9.01. The van der Waals surface area contributed by atoms with Gasteiger partial charge in [-0.1, -0.05) is 43.5 Å². The number of imidazole rings is 1. The minimum absolute atomic E-state index is 0.216. The molecule has 0 spiro atoms. The molecule has 24 heavy (non-hydrogen) atoms. The summed E-state index contributed by atoms with van der Waals surface area (Å²) in [4.78, 5) is 17.0. The highest BCUT2D eigenvalue weighted by Crippen LogP contribution is 2.23. The molecule has 1 aliphatic carbocycles. The highest BCUT2D eigenvalue weighted by Gasteiger charge is 2.20. The summed E-state index contributed by atoms with van der Waals surface area (Å²) in [5.41, 5.74) is 3.24. The molecule has 0 atom stereocenters. The van der Waals surface area contributed by atoms with E-state index < -0.39 is 0 Å². The van der Waals surface area contributed by atoms with Gasteiger partial charge >= 0.3 is 0 Å². The van der Waals surface area contributed by atoms with Crippen LogP contribution in [0.15, 0.2) is 36.4 Å². The van der Waals surface area contributed by atoms with Crippen molar-refractivity contribution in [2.45, 2.75) is 52.0 Å². The number of hydrogen-bond acceptors (Lipinski definition) is 2. The lowest BCUT2D eigenvalue weighted by molar-refractivity contribution is -0.125. The first-order valence-corrected chi connectivity index (χ1v) is 9.01. The highest BCUT2D eigenvalue weighted by molar-refractivity contribution is 5.78. The predicted molar refractivity (Wildman–Crippen MR) is 97.8 cm³/mol. The molecule has 0 aliphatic heterocycles. The van der Waals surface area contributed by atoms with Crippen molar-refractivity contribution in [3.05, 3.63) is 42.2 Å². The Balaban J connectivity index is 1.66. The topological polar surface area (TPSA) is 46.9 Å². The number of nitrogens with one attached hydrogen (secondary N) is 1. The van der Waals surface area contributed by atoms with Crippen molar-refractivity contribution in [2.24, 2.45) is 5.92 Å². The van der Waals surface area contributed by atoms with Gasteiger partial charge in [-0.15, -0.1) is 0 Å². The summed E-state index contributed by atoms with van der Waals surface area (Å²) < 4.78 is 2.21. The Hall–Kier alpha value is -2.10. The van der Waals surface area contributed by atoms with Crippen molar-refractivity contribution in [1.82, 2.24) is 14.9 Å². The van der Waals surface area contributed by atoms with Gasteiger partial charge in [0, 0.05) is 25.4 Å². The number of carbonyl (C=O) groups excluding carboxylic acids is 1. The summed E-state index contributed by atoms with van der Waals surface area (Å²) in [5, 5.41) is 3.11. The zero-order valence-corrected chi connectivity index (χ0v) is 14.6. The number of amides is 1. The van der Waals surface area contributed by atoms with Crippen LogP contribution in [0, 0.1) is 5.92 Å². The maximum absolute atomic E-state index is 12.3. The van der Waals surface area contributed by atoms with E-state index in [1.165, 1.54) is 19.3 Å². The number of allylic oxidation sites excluding steroid dienone is 1. The Morgan fingerprint density at radius 1 is 1.29 bits per heavy atom. The van der Waals surface area contributed by atoms with Crippen LogP contribution >= 0.6 is 0 Å². The van der Waals surface area contributed by atoms with Crippen LogP contribution in [0.5, 0.6) is 0 Å². The van der Waals surface area contributed by atoms with Crippen LogP contribution in [0.2, 0.25) is 0 Å². The summed E-state index contributed by atoms with van der Waals surface area (Å²) in [6, 6.07) is 8.17. The molecule has 1 saturated carbocycles. The van der Waals surface area contributed by atoms with Crippen molar-refractivity contribution in [1.29, 1.82) is 0 Å². The standard InChI is InChI=1S/C20H27N3O/c1-15(2)14-23-18-11-7-6-10-17(18)22-19(23)12-13-21-20(24)16-8-4-3-5-9-16/h6-7,10-11,16H,1,3-5,8-9,12-14H2,2H3,(H,21,24). The van der Waals surface area contributed by atoms with Crippen LogP contribution in [0.4, 0.5) is 0 Å². The molecule has 0 radical (unpaired) electrons. The van der Waals surface area contributed by atoms with Gasteiger partial charge in [0.1, 0.15) is 5.82 Å². The van der Waals surface area contributed by atoms with Crippen molar-refractivity contribution in [3.63, 3.8) is 0 Å². The molecule has 0 saturated heterocycles. The SMILES string of the molecule is C=C(C)Cn1c(CCNC(=O)C2CCCCC2)nc2ccccc21. The molecule has 1 heterocycles. The van der Waals surface area contributed by atoms with E-state index in [0.29, 0.717) is 6.54 Å². The van der Waals surface area contributed by atoms with Crippen molar-refractivity contribution in [2.75, 3.05) is 6.54 Å². The number of fused-ring (bicyclic) bond motifs is 1.